The SMILES string of the molecule is [C-]#[N+]c1cc(Cl)cc(C2C(C(OCC)OCC)C2(Cl)Cl)c1. The largest absolute Gasteiger partial charge is 0.353 e. The number of hydrogen-bond donors (Lipinski definition) is 0. The highest BCUT2D eigenvalue weighted by molar-refractivity contribution is 6.52. The van der Waals surface area contributed by atoms with E-state index in [4.69, 9.17) is 50.8 Å². The summed E-state index contributed by atoms with van der Waals surface area (Å²) in [6.07, 6.45) is -0.463. The first-order valence-electron chi connectivity index (χ1n) is 6.74. The van der Waals surface area contributed by atoms with E-state index in [-0.39, 0.29) is 11.8 Å². The lowest BCUT2D eigenvalue weighted by atomic mass is 10.1. The van der Waals surface area contributed by atoms with Gasteiger partial charge in [-0.05, 0) is 26.0 Å². The number of benzene rings is 1. The highest BCUT2D eigenvalue weighted by Crippen LogP contribution is 2.67. The van der Waals surface area contributed by atoms with Crippen LogP contribution in [-0.2, 0) is 9.47 Å². The lowest BCUT2D eigenvalue weighted by Crippen LogP contribution is -2.22. The van der Waals surface area contributed by atoms with E-state index < -0.39 is 10.6 Å². The Morgan fingerprint density at radius 2 is 1.86 bits per heavy atom. The first-order chi connectivity index (χ1) is 9.95. The molecule has 1 aliphatic rings. The minimum Gasteiger partial charge on any atom is -0.353 e. The summed E-state index contributed by atoms with van der Waals surface area (Å²) in [5.74, 6) is -0.346. The molecule has 6 heteroatoms. The van der Waals surface area contributed by atoms with E-state index in [2.05, 4.69) is 4.85 Å². The molecular formula is C15H16Cl3NO2. The van der Waals surface area contributed by atoms with Crippen LogP contribution in [0.3, 0.4) is 0 Å². The second kappa shape index (κ2) is 6.73. The van der Waals surface area contributed by atoms with Crippen molar-refractivity contribution < 1.29 is 9.47 Å². The molecule has 0 amide bonds. The molecule has 0 aliphatic heterocycles. The number of hydrogen-bond acceptors (Lipinski definition) is 2. The highest BCUT2D eigenvalue weighted by atomic mass is 35.5. The third-order valence-corrected chi connectivity index (χ3v) is 4.65. The first-order valence-corrected chi connectivity index (χ1v) is 7.88. The number of alkyl halides is 2. The van der Waals surface area contributed by atoms with E-state index in [9.17, 15) is 0 Å². The van der Waals surface area contributed by atoms with Gasteiger partial charge in [0, 0.05) is 24.2 Å². The maximum absolute atomic E-state index is 7.11. The molecule has 0 saturated heterocycles. The number of ether oxygens (including phenoxy) is 2. The monoisotopic (exact) mass is 347 g/mol. The van der Waals surface area contributed by atoms with Crippen LogP contribution in [0.2, 0.25) is 5.02 Å². The lowest BCUT2D eigenvalue weighted by Gasteiger charge is -2.17. The molecule has 2 atom stereocenters. The minimum absolute atomic E-state index is 0.164. The van der Waals surface area contributed by atoms with E-state index in [1.165, 1.54) is 0 Å². The number of rotatable bonds is 6. The van der Waals surface area contributed by atoms with Crippen molar-refractivity contribution in [2.24, 2.45) is 5.92 Å². The number of nitrogens with zero attached hydrogens (tertiary/aromatic N) is 1. The molecule has 0 spiro atoms. The van der Waals surface area contributed by atoms with Gasteiger partial charge in [0.1, 0.15) is 4.33 Å². The molecule has 1 saturated carbocycles. The van der Waals surface area contributed by atoms with Crippen molar-refractivity contribution in [2.75, 3.05) is 13.2 Å². The molecule has 1 aromatic carbocycles. The van der Waals surface area contributed by atoms with Gasteiger partial charge in [0.25, 0.3) is 0 Å². The van der Waals surface area contributed by atoms with Gasteiger partial charge in [-0.1, -0.05) is 23.2 Å². The normalized spacial score (nSPS) is 23.1. The average molecular weight is 349 g/mol. The van der Waals surface area contributed by atoms with E-state index in [0.29, 0.717) is 23.9 Å². The van der Waals surface area contributed by atoms with Crippen molar-refractivity contribution in [1.29, 1.82) is 0 Å². The molecule has 21 heavy (non-hydrogen) atoms. The van der Waals surface area contributed by atoms with Gasteiger partial charge in [0.2, 0.25) is 0 Å². The van der Waals surface area contributed by atoms with Crippen LogP contribution in [-0.4, -0.2) is 23.8 Å². The fourth-order valence-electron chi connectivity index (χ4n) is 2.54. The van der Waals surface area contributed by atoms with Gasteiger partial charge in [0.05, 0.1) is 12.5 Å². The van der Waals surface area contributed by atoms with Crippen LogP contribution in [0.25, 0.3) is 4.85 Å². The number of halogens is 3. The Kier molecular flexibility index (Phi) is 5.40. The molecule has 1 aliphatic carbocycles. The molecule has 2 rings (SSSR count). The third-order valence-electron chi connectivity index (χ3n) is 3.46. The Bertz CT molecular complexity index is 550. The Morgan fingerprint density at radius 3 is 2.38 bits per heavy atom. The van der Waals surface area contributed by atoms with E-state index in [0.717, 1.165) is 5.56 Å². The summed E-state index contributed by atoms with van der Waals surface area (Å²) in [6.45, 7) is 11.9. The van der Waals surface area contributed by atoms with Crippen LogP contribution in [0, 0.1) is 12.5 Å². The summed E-state index contributed by atoms with van der Waals surface area (Å²) >= 11 is 18.9. The molecule has 0 aromatic heterocycles. The standard InChI is InChI=1S/C15H16Cl3NO2/c1-4-20-14(21-5-2)13-12(15(13,17)18)9-6-10(16)8-11(7-9)19-3/h6-8,12-14H,4-5H2,1-2H3. The molecule has 2 unspecified atom stereocenters. The lowest BCUT2D eigenvalue weighted by molar-refractivity contribution is -0.149. The molecule has 114 valence electrons. The van der Waals surface area contributed by atoms with Crippen molar-refractivity contribution in [3.05, 3.63) is 40.2 Å². The molecule has 3 nitrogen and oxygen atoms in total. The van der Waals surface area contributed by atoms with Crippen molar-refractivity contribution in [2.45, 2.75) is 30.4 Å². The smallest absolute Gasteiger partial charge is 0.188 e. The highest BCUT2D eigenvalue weighted by Gasteiger charge is 2.67. The third kappa shape index (κ3) is 3.47. The Balaban J connectivity index is 2.28. The van der Waals surface area contributed by atoms with Gasteiger partial charge in [-0.3, -0.25) is 0 Å². The van der Waals surface area contributed by atoms with Crippen LogP contribution in [0.4, 0.5) is 5.69 Å². The van der Waals surface area contributed by atoms with Gasteiger partial charge in [0.15, 0.2) is 12.0 Å². The van der Waals surface area contributed by atoms with Gasteiger partial charge >= 0.3 is 0 Å². The maximum atomic E-state index is 7.11. The minimum atomic E-state index is -0.973. The Hall–Kier alpha value is -0.500. The second-order valence-corrected chi connectivity index (χ2v) is 6.69. The predicted molar refractivity (Wildman–Crippen MR) is 85.4 cm³/mol. The average Bonchev–Trinajstić information content (AvgIpc) is 3.00. The summed E-state index contributed by atoms with van der Waals surface area (Å²) in [5.41, 5.74) is 1.31. The zero-order chi connectivity index (χ0) is 15.6. The summed E-state index contributed by atoms with van der Waals surface area (Å²) in [6, 6.07) is 5.16. The fourth-order valence-corrected chi connectivity index (χ4v) is 3.64. The summed E-state index contributed by atoms with van der Waals surface area (Å²) in [7, 11) is 0. The van der Waals surface area contributed by atoms with Gasteiger partial charge in [-0.15, -0.1) is 23.2 Å². The van der Waals surface area contributed by atoms with E-state index >= 15 is 0 Å². The van der Waals surface area contributed by atoms with E-state index in [1.807, 2.05) is 13.8 Å². The molecular weight excluding hydrogens is 333 g/mol. The molecule has 0 heterocycles. The summed E-state index contributed by atoms with van der Waals surface area (Å²) in [5, 5.41) is 0.498. The zero-order valence-corrected chi connectivity index (χ0v) is 14.0. The zero-order valence-electron chi connectivity index (χ0n) is 11.8. The maximum Gasteiger partial charge on any atom is 0.188 e. The van der Waals surface area contributed by atoms with Crippen molar-refractivity contribution in [3.8, 4) is 0 Å². The van der Waals surface area contributed by atoms with Crippen LogP contribution >= 0.6 is 34.8 Å². The quantitative estimate of drug-likeness (QED) is 0.402. The first kappa shape index (κ1) is 16.9. The van der Waals surface area contributed by atoms with Gasteiger partial charge < -0.3 is 9.47 Å². The fraction of sp³-hybridized carbons (Fsp3) is 0.533. The summed E-state index contributed by atoms with van der Waals surface area (Å²) in [4.78, 5) is 3.41. The second-order valence-electron chi connectivity index (χ2n) is 4.81. The van der Waals surface area contributed by atoms with Gasteiger partial charge in [-0.25, -0.2) is 4.85 Å². The van der Waals surface area contributed by atoms with Crippen molar-refractivity contribution >= 4 is 40.5 Å². The van der Waals surface area contributed by atoms with E-state index in [1.54, 1.807) is 18.2 Å². The van der Waals surface area contributed by atoms with Crippen LogP contribution in [0.5, 0.6) is 0 Å². The van der Waals surface area contributed by atoms with Crippen LogP contribution in [0.15, 0.2) is 18.2 Å². The molecule has 1 aromatic rings. The molecule has 0 bridgehead atoms. The molecule has 0 N–H and O–H groups in total. The van der Waals surface area contributed by atoms with Crippen molar-refractivity contribution in [3.63, 3.8) is 0 Å². The Morgan fingerprint density at radius 1 is 1.24 bits per heavy atom. The summed E-state index contributed by atoms with van der Waals surface area (Å²) < 4.78 is 10.2. The topological polar surface area (TPSA) is 22.8 Å². The van der Waals surface area contributed by atoms with Crippen LogP contribution < -0.4 is 0 Å². The predicted octanol–water partition coefficient (Wildman–Crippen LogP) is 5.18. The Labute approximate surface area is 139 Å². The van der Waals surface area contributed by atoms with Crippen LogP contribution in [0.1, 0.15) is 25.3 Å². The molecule has 1 fully saturated rings. The molecule has 0 radical (unpaired) electrons. The van der Waals surface area contributed by atoms with Gasteiger partial charge in [-0.2, -0.15) is 0 Å². The van der Waals surface area contributed by atoms with Crippen molar-refractivity contribution in [1.82, 2.24) is 0 Å².